The number of thiazole rings is 1. The number of aromatic nitrogens is 2. The van der Waals surface area contributed by atoms with Crippen LogP contribution in [0, 0.1) is 0 Å². The second-order valence-corrected chi connectivity index (χ2v) is 5.04. The smallest absolute Gasteiger partial charge is 0.340 e. The molecule has 1 unspecified atom stereocenters. The minimum absolute atomic E-state index is 0.0716. The van der Waals surface area contributed by atoms with Crippen molar-refractivity contribution in [1.29, 1.82) is 0 Å². The van der Waals surface area contributed by atoms with E-state index in [4.69, 9.17) is 21.1 Å². The lowest BCUT2D eigenvalue weighted by Crippen LogP contribution is -2.17. The van der Waals surface area contributed by atoms with Crippen LogP contribution < -0.4 is 0 Å². The second-order valence-electron chi connectivity index (χ2n) is 3.60. The number of nitrogens with zero attached hydrogens (tertiary/aromatic N) is 2. The summed E-state index contributed by atoms with van der Waals surface area (Å²) in [4.78, 5) is 19.9. The average Bonchev–Trinajstić information content (AvgIpc) is 2.84. The van der Waals surface area contributed by atoms with E-state index >= 15 is 0 Å². The Morgan fingerprint density at radius 1 is 1.58 bits per heavy atom. The molecule has 1 atom stereocenters. The van der Waals surface area contributed by atoms with Gasteiger partial charge in [-0.15, -0.1) is 11.3 Å². The van der Waals surface area contributed by atoms with Crippen molar-refractivity contribution in [1.82, 2.24) is 9.97 Å². The second kappa shape index (κ2) is 6.60. The first kappa shape index (κ1) is 13.9. The third-order valence-corrected chi connectivity index (χ3v) is 3.35. The number of ether oxygens (including phenoxy) is 2. The molecule has 0 fully saturated rings. The highest BCUT2D eigenvalue weighted by atomic mass is 35.5. The monoisotopic (exact) mass is 298 g/mol. The fraction of sp³-hybridized carbons (Fsp3) is 0.250. The molecule has 19 heavy (non-hydrogen) atoms. The minimum Gasteiger partial charge on any atom is -0.457 e. The summed E-state index contributed by atoms with van der Waals surface area (Å²) in [5, 5.41) is 1.74. The van der Waals surface area contributed by atoms with Gasteiger partial charge >= 0.3 is 5.97 Å². The molecule has 0 radical (unpaired) electrons. The molecule has 0 aliphatic rings. The van der Waals surface area contributed by atoms with E-state index < -0.39 is 12.1 Å². The van der Waals surface area contributed by atoms with Crippen LogP contribution in [0.2, 0.25) is 4.47 Å². The standard InChI is InChI=1S/C12H11ClN2O3S/c1-17-10(8-3-2-4-14-5-8)11(16)18-6-9-7-19-12(13)15-9/h2-5,7,10H,6H2,1H3. The molecule has 100 valence electrons. The molecular formula is C12H11ClN2O3S. The lowest BCUT2D eigenvalue weighted by molar-refractivity contribution is -0.157. The van der Waals surface area contributed by atoms with Crippen molar-refractivity contribution in [2.24, 2.45) is 0 Å². The SMILES string of the molecule is COC(C(=O)OCc1csc(Cl)n1)c1cccnc1. The number of hydrogen-bond donors (Lipinski definition) is 0. The molecule has 0 aliphatic carbocycles. The van der Waals surface area contributed by atoms with Gasteiger partial charge in [0.15, 0.2) is 10.6 Å². The van der Waals surface area contributed by atoms with Crippen LogP contribution in [0.3, 0.4) is 0 Å². The van der Waals surface area contributed by atoms with Gasteiger partial charge in [0, 0.05) is 30.4 Å². The van der Waals surface area contributed by atoms with Crippen LogP contribution in [-0.4, -0.2) is 23.0 Å². The van der Waals surface area contributed by atoms with Crippen LogP contribution in [0.15, 0.2) is 29.9 Å². The molecule has 2 aromatic rings. The molecule has 0 aromatic carbocycles. The molecule has 0 spiro atoms. The van der Waals surface area contributed by atoms with Crippen LogP contribution >= 0.6 is 22.9 Å². The van der Waals surface area contributed by atoms with Gasteiger partial charge in [0.25, 0.3) is 0 Å². The molecule has 2 heterocycles. The molecule has 0 N–H and O–H groups in total. The molecule has 0 saturated carbocycles. The summed E-state index contributed by atoms with van der Waals surface area (Å²) in [7, 11) is 1.44. The molecule has 2 rings (SSSR count). The Morgan fingerprint density at radius 2 is 2.42 bits per heavy atom. The normalized spacial score (nSPS) is 12.1. The van der Waals surface area contributed by atoms with Crippen LogP contribution in [-0.2, 0) is 20.9 Å². The number of methoxy groups -OCH3 is 1. The summed E-state index contributed by atoms with van der Waals surface area (Å²) in [6.45, 7) is 0.0716. The van der Waals surface area contributed by atoms with Gasteiger partial charge in [-0.2, -0.15) is 0 Å². The fourth-order valence-corrected chi connectivity index (χ4v) is 2.23. The number of halogens is 1. The Balaban J connectivity index is 1.98. The van der Waals surface area contributed by atoms with E-state index in [1.807, 2.05) is 0 Å². The number of carbonyl (C=O) groups excluding carboxylic acids is 1. The van der Waals surface area contributed by atoms with Crippen molar-refractivity contribution in [3.63, 3.8) is 0 Å². The lowest BCUT2D eigenvalue weighted by Gasteiger charge is -2.13. The molecule has 0 saturated heterocycles. The Morgan fingerprint density at radius 3 is 3.00 bits per heavy atom. The Kier molecular flexibility index (Phi) is 4.84. The van der Waals surface area contributed by atoms with Gasteiger partial charge < -0.3 is 9.47 Å². The third kappa shape index (κ3) is 3.73. The number of pyridine rings is 1. The zero-order valence-corrected chi connectivity index (χ0v) is 11.6. The summed E-state index contributed by atoms with van der Waals surface area (Å²) in [6, 6.07) is 3.48. The van der Waals surface area contributed by atoms with Gasteiger partial charge in [-0.05, 0) is 6.07 Å². The van der Waals surface area contributed by atoms with Crippen LogP contribution in [0.25, 0.3) is 0 Å². The van der Waals surface area contributed by atoms with E-state index in [0.29, 0.717) is 15.7 Å². The van der Waals surface area contributed by atoms with Gasteiger partial charge in [-0.3, -0.25) is 4.98 Å². The maximum atomic E-state index is 11.9. The van der Waals surface area contributed by atoms with E-state index in [-0.39, 0.29) is 6.61 Å². The largest absolute Gasteiger partial charge is 0.457 e. The molecule has 0 aliphatic heterocycles. The van der Waals surface area contributed by atoms with E-state index in [1.54, 1.807) is 29.9 Å². The van der Waals surface area contributed by atoms with Crippen molar-refractivity contribution < 1.29 is 14.3 Å². The molecule has 7 heteroatoms. The summed E-state index contributed by atoms with van der Waals surface area (Å²) in [5.74, 6) is -0.486. The van der Waals surface area contributed by atoms with E-state index in [9.17, 15) is 4.79 Å². The first-order valence-corrected chi connectivity index (χ1v) is 6.65. The zero-order valence-electron chi connectivity index (χ0n) is 10.1. The zero-order chi connectivity index (χ0) is 13.7. The Hall–Kier alpha value is -1.50. The predicted octanol–water partition coefficient (Wildman–Crippen LogP) is 2.62. The highest BCUT2D eigenvalue weighted by Gasteiger charge is 2.22. The van der Waals surface area contributed by atoms with Crippen molar-refractivity contribution in [2.75, 3.05) is 7.11 Å². The topological polar surface area (TPSA) is 61.3 Å². The van der Waals surface area contributed by atoms with Crippen LogP contribution in [0.4, 0.5) is 0 Å². The quantitative estimate of drug-likeness (QED) is 0.794. The van der Waals surface area contributed by atoms with E-state index in [2.05, 4.69) is 9.97 Å². The van der Waals surface area contributed by atoms with E-state index in [1.165, 1.54) is 18.4 Å². The first-order chi connectivity index (χ1) is 9.20. The molecular weight excluding hydrogens is 288 g/mol. The van der Waals surface area contributed by atoms with Crippen molar-refractivity contribution in [3.8, 4) is 0 Å². The van der Waals surface area contributed by atoms with Gasteiger partial charge in [-0.25, -0.2) is 9.78 Å². The average molecular weight is 299 g/mol. The fourth-order valence-electron chi connectivity index (χ4n) is 1.47. The highest BCUT2D eigenvalue weighted by molar-refractivity contribution is 7.13. The first-order valence-electron chi connectivity index (χ1n) is 5.40. The Bertz CT molecular complexity index is 547. The van der Waals surface area contributed by atoms with Crippen molar-refractivity contribution in [2.45, 2.75) is 12.7 Å². The Labute approximate surface area is 119 Å². The van der Waals surface area contributed by atoms with Gasteiger partial charge in [0.2, 0.25) is 0 Å². The predicted molar refractivity (Wildman–Crippen MR) is 70.9 cm³/mol. The van der Waals surface area contributed by atoms with Gasteiger partial charge in [0.05, 0.1) is 5.69 Å². The number of carbonyl (C=O) groups is 1. The summed E-state index contributed by atoms with van der Waals surface area (Å²) in [5.41, 5.74) is 1.26. The molecule has 2 aromatic heterocycles. The van der Waals surface area contributed by atoms with Crippen molar-refractivity contribution >= 4 is 28.9 Å². The minimum atomic E-state index is -0.789. The molecule has 5 nitrogen and oxygen atoms in total. The maximum absolute atomic E-state index is 11.9. The third-order valence-electron chi connectivity index (χ3n) is 2.32. The molecule has 0 bridgehead atoms. The summed E-state index contributed by atoms with van der Waals surface area (Å²) < 4.78 is 10.7. The van der Waals surface area contributed by atoms with Crippen LogP contribution in [0.1, 0.15) is 17.4 Å². The number of hydrogen-bond acceptors (Lipinski definition) is 6. The van der Waals surface area contributed by atoms with Gasteiger partial charge in [-0.1, -0.05) is 17.7 Å². The van der Waals surface area contributed by atoms with Gasteiger partial charge in [0.1, 0.15) is 6.61 Å². The lowest BCUT2D eigenvalue weighted by atomic mass is 10.1. The highest BCUT2D eigenvalue weighted by Crippen LogP contribution is 2.19. The number of rotatable bonds is 5. The summed E-state index contributed by atoms with van der Waals surface area (Å²) >= 11 is 6.98. The molecule has 0 amide bonds. The number of esters is 1. The summed E-state index contributed by atoms with van der Waals surface area (Å²) in [6.07, 6.45) is 2.40. The van der Waals surface area contributed by atoms with E-state index in [0.717, 1.165) is 0 Å². The maximum Gasteiger partial charge on any atom is 0.340 e. The van der Waals surface area contributed by atoms with Crippen LogP contribution in [0.5, 0.6) is 0 Å². The van der Waals surface area contributed by atoms with Crippen molar-refractivity contribution in [3.05, 3.63) is 45.6 Å².